The fraction of sp³-hybridized carbons (Fsp3) is 0.120. The molecule has 4 rings (SSSR count). The van der Waals surface area contributed by atoms with E-state index in [1.165, 1.54) is 30.5 Å². The normalized spacial score (nSPS) is 18.5. The molecule has 1 atom stereocenters. The fourth-order valence-corrected chi connectivity index (χ4v) is 5.00. The molecule has 0 unspecified atom stereocenters. The highest BCUT2D eigenvalue weighted by molar-refractivity contribution is 9.10. The minimum atomic E-state index is -5.07. The van der Waals surface area contributed by atoms with Crippen molar-refractivity contribution in [3.05, 3.63) is 111 Å². The second-order valence-electron chi connectivity index (χ2n) is 7.56. The highest BCUT2D eigenvalue weighted by Crippen LogP contribution is 2.50. The zero-order valence-corrected chi connectivity index (χ0v) is 20.5. The molecule has 1 amide bonds. The molecule has 0 saturated heterocycles. The molecular weight excluding hydrogens is 548 g/mol. The number of nitrogens with one attached hydrogen (secondary N) is 1. The highest BCUT2D eigenvalue weighted by atomic mass is 79.9. The molecule has 0 bridgehead atoms. The molecule has 0 aromatic heterocycles. The monoisotopic (exact) mass is 564 g/mol. The summed E-state index contributed by atoms with van der Waals surface area (Å²) in [5.41, 5.74) is -3.71. The van der Waals surface area contributed by atoms with Crippen molar-refractivity contribution in [1.29, 1.82) is 0 Å². The molecule has 0 aliphatic carbocycles. The van der Waals surface area contributed by atoms with Gasteiger partial charge >= 0.3 is 6.18 Å². The standard InChI is InChI=1S/C25H17BrF4N2O2S/c1-35-23-20(21(33)15-7-11-17(26)12-8-15)22(34)31-24(25(28,29)30,16-9-13-18(27)14-10-16)32(23)19-5-3-2-4-6-19/h2-14H,1H3,(H,31,34)/t24-/m1/s1. The Kier molecular flexibility index (Phi) is 6.79. The lowest BCUT2D eigenvalue weighted by Gasteiger charge is -2.50. The SMILES string of the molecule is CSC1=C(C(=O)c2ccc(Br)cc2)C(=O)N[C@@](c2ccc(F)cc2)(C(F)(F)F)N1c1ccccc1. The van der Waals surface area contributed by atoms with Crippen LogP contribution in [-0.4, -0.2) is 24.1 Å². The van der Waals surface area contributed by atoms with Crippen molar-refractivity contribution < 1.29 is 27.2 Å². The molecule has 10 heteroatoms. The van der Waals surface area contributed by atoms with Gasteiger partial charge in [0.15, 0.2) is 0 Å². The van der Waals surface area contributed by atoms with Gasteiger partial charge in [0.2, 0.25) is 11.4 Å². The lowest BCUT2D eigenvalue weighted by Crippen LogP contribution is -2.69. The zero-order chi connectivity index (χ0) is 25.4. The number of anilines is 1. The third kappa shape index (κ3) is 4.36. The van der Waals surface area contributed by atoms with Gasteiger partial charge in [0.1, 0.15) is 11.4 Å². The Labute approximate surface area is 211 Å². The maximum Gasteiger partial charge on any atom is 0.435 e. The highest BCUT2D eigenvalue weighted by Gasteiger charge is 2.65. The predicted molar refractivity (Wildman–Crippen MR) is 130 cm³/mol. The number of benzene rings is 3. The van der Waals surface area contributed by atoms with Crippen LogP contribution in [0.2, 0.25) is 0 Å². The number of amides is 1. The molecule has 1 heterocycles. The molecule has 0 spiro atoms. The summed E-state index contributed by atoms with van der Waals surface area (Å²) in [5.74, 6) is -2.64. The van der Waals surface area contributed by atoms with Crippen LogP contribution in [0.1, 0.15) is 15.9 Å². The van der Waals surface area contributed by atoms with Crippen molar-refractivity contribution in [3.8, 4) is 0 Å². The number of halogens is 5. The first-order valence-corrected chi connectivity index (χ1v) is 12.2. The molecule has 0 radical (unpaired) electrons. The molecular formula is C25H17BrF4N2O2S. The van der Waals surface area contributed by atoms with E-state index < -0.39 is 40.5 Å². The minimum absolute atomic E-state index is 0.0830. The van der Waals surface area contributed by atoms with Gasteiger partial charge in [-0.2, -0.15) is 13.2 Å². The molecule has 1 aliphatic rings. The molecule has 0 saturated carbocycles. The minimum Gasteiger partial charge on any atom is -0.317 e. The molecule has 1 N–H and O–H groups in total. The van der Waals surface area contributed by atoms with Gasteiger partial charge in [0.25, 0.3) is 5.91 Å². The van der Waals surface area contributed by atoms with Crippen molar-refractivity contribution in [2.45, 2.75) is 11.8 Å². The lowest BCUT2D eigenvalue weighted by molar-refractivity contribution is -0.201. The smallest absolute Gasteiger partial charge is 0.317 e. The molecule has 4 nitrogen and oxygen atoms in total. The maximum atomic E-state index is 15.0. The first kappa shape index (κ1) is 25.0. The van der Waals surface area contributed by atoms with Gasteiger partial charge in [-0.15, -0.1) is 11.8 Å². The van der Waals surface area contributed by atoms with E-state index in [0.29, 0.717) is 4.47 Å². The topological polar surface area (TPSA) is 49.4 Å². The Morgan fingerprint density at radius 3 is 2.11 bits per heavy atom. The van der Waals surface area contributed by atoms with Crippen LogP contribution >= 0.6 is 27.7 Å². The van der Waals surface area contributed by atoms with E-state index in [0.717, 1.165) is 40.9 Å². The first-order chi connectivity index (χ1) is 16.6. The van der Waals surface area contributed by atoms with Gasteiger partial charge in [0, 0.05) is 21.3 Å². The summed E-state index contributed by atoms with van der Waals surface area (Å²) in [5, 5.41) is 1.88. The van der Waals surface area contributed by atoms with Crippen molar-refractivity contribution in [1.82, 2.24) is 5.32 Å². The Balaban J connectivity index is 2.05. The second-order valence-corrected chi connectivity index (χ2v) is 9.27. The second kappa shape index (κ2) is 9.50. The van der Waals surface area contributed by atoms with E-state index in [2.05, 4.69) is 21.2 Å². The summed E-state index contributed by atoms with van der Waals surface area (Å²) in [6.45, 7) is 0. The number of thioether (sulfide) groups is 1. The van der Waals surface area contributed by atoms with Gasteiger partial charge in [-0.25, -0.2) is 4.39 Å². The van der Waals surface area contributed by atoms with Crippen molar-refractivity contribution in [2.75, 3.05) is 11.2 Å². The maximum absolute atomic E-state index is 15.0. The van der Waals surface area contributed by atoms with Gasteiger partial charge in [-0.05, 0) is 54.8 Å². The van der Waals surface area contributed by atoms with Crippen LogP contribution in [-0.2, 0) is 10.5 Å². The summed E-state index contributed by atoms with van der Waals surface area (Å²) < 4.78 is 59.4. The number of carbonyl (C=O) groups excluding carboxylic acids is 2. The Morgan fingerprint density at radius 2 is 1.57 bits per heavy atom. The quantitative estimate of drug-likeness (QED) is 0.221. The van der Waals surface area contributed by atoms with E-state index in [1.807, 2.05) is 0 Å². The number of para-hydroxylation sites is 1. The van der Waals surface area contributed by atoms with Crippen molar-refractivity contribution >= 4 is 45.1 Å². The number of ketones is 1. The van der Waals surface area contributed by atoms with E-state index in [1.54, 1.807) is 30.3 Å². The lowest BCUT2D eigenvalue weighted by atomic mass is 9.91. The predicted octanol–water partition coefficient (Wildman–Crippen LogP) is 6.40. The number of rotatable bonds is 5. The van der Waals surface area contributed by atoms with E-state index in [4.69, 9.17) is 0 Å². The van der Waals surface area contributed by atoms with Crippen LogP contribution in [0.4, 0.5) is 23.2 Å². The number of hydrogen-bond donors (Lipinski definition) is 1. The zero-order valence-electron chi connectivity index (χ0n) is 18.1. The molecule has 3 aromatic carbocycles. The number of hydrogen-bond acceptors (Lipinski definition) is 4. The number of carbonyl (C=O) groups is 2. The summed E-state index contributed by atoms with van der Waals surface area (Å²) in [7, 11) is 0. The molecule has 3 aromatic rings. The molecule has 0 fully saturated rings. The van der Waals surface area contributed by atoms with Crippen LogP contribution in [0.25, 0.3) is 0 Å². The van der Waals surface area contributed by atoms with Crippen LogP contribution in [0, 0.1) is 5.82 Å². The van der Waals surface area contributed by atoms with Gasteiger partial charge in [-0.3, -0.25) is 14.5 Å². The third-order valence-electron chi connectivity index (χ3n) is 5.49. The Hall–Kier alpha value is -3.11. The first-order valence-electron chi connectivity index (χ1n) is 10.2. The van der Waals surface area contributed by atoms with Crippen LogP contribution in [0.5, 0.6) is 0 Å². The fourth-order valence-electron chi connectivity index (χ4n) is 3.92. The number of nitrogens with zero attached hydrogens (tertiary/aromatic N) is 1. The molecule has 35 heavy (non-hydrogen) atoms. The van der Waals surface area contributed by atoms with E-state index in [-0.39, 0.29) is 16.3 Å². The average Bonchev–Trinajstić information content (AvgIpc) is 2.83. The van der Waals surface area contributed by atoms with Crippen LogP contribution in [0.15, 0.2) is 93.9 Å². The third-order valence-corrected chi connectivity index (χ3v) is 6.79. The van der Waals surface area contributed by atoms with Gasteiger partial charge in [0.05, 0.1) is 5.03 Å². The van der Waals surface area contributed by atoms with E-state index >= 15 is 13.2 Å². The van der Waals surface area contributed by atoms with Crippen LogP contribution < -0.4 is 10.2 Å². The summed E-state index contributed by atoms with van der Waals surface area (Å²) in [6, 6.07) is 17.5. The van der Waals surface area contributed by atoms with Gasteiger partial charge in [-0.1, -0.05) is 46.3 Å². The summed E-state index contributed by atoms with van der Waals surface area (Å²) in [6.07, 6.45) is -3.58. The van der Waals surface area contributed by atoms with Crippen molar-refractivity contribution in [3.63, 3.8) is 0 Å². The molecule has 1 aliphatic heterocycles. The largest absolute Gasteiger partial charge is 0.435 e. The van der Waals surface area contributed by atoms with Crippen molar-refractivity contribution in [2.24, 2.45) is 0 Å². The van der Waals surface area contributed by atoms with E-state index in [9.17, 15) is 14.0 Å². The van der Waals surface area contributed by atoms with Crippen LogP contribution in [0.3, 0.4) is 0 Å². The average molecular weight is 565 g/mol. The Bertz CT molecular complexity index is 1300. The number of alkyl halides is 3. The molecule has 180 valence electrons. The summed E-state index contributed by atoms with van der Waals surface area (Å²) >= 11 is 4.11. The Morgan fingerprint density at radius 1 is 0.971 bits per heavy atom. The number of Topliss-reactive ketones (excluding diaryl/α,β-unsaturated/α-hetero) is 1. The summed E-state index contributed by atoms with van der Waals surface area (Å²) in [4.78, 5) is 27.6. The van der Waals surface area contributed by atoms with Gasteiger partial charge < -0.3 is 5.32 Å².